The van der Waals surface area contributed by atoms with Crippen molar-refractivity contribution < 1.29 is 10.0 Å². The highest BCUT2D eigenvalue weighted by molar-refractivity contribution is 5.55. The number of aliphatic hydroxyl groups excluding tert-OH is 1. The lowest BCUT2D eigenvalue weighted by atomic mass is 10.1. The van der Waals surface area contributed by atoms with Gasteiger partial charge in [-0.05, 0) is 5.56 Å². The molecular formula is C14H12N4O3. The molecule has 1 unspecified atom stereocenters. The number of benzene rings is 1. The van der Waals surface area contributed by atoms with E-state index in [1.807, 2.05) is 24.3 Å². The summed E-state index contributed by atoms with van der Waals surface area (Å²) in [7, 11) is 0. The molecular weight excluding hydrogens is 272 g/mol. The van der Waals surface area contributed by atoms with Gasteiger partial charge in [0.1, 0.15) is 23.6 Å². The summed E-state index contributed by atoms with van der Waals surface area (Å²) in [5.41, 5.74) is 0.538. The topological polar surface area (TPSA) is 112 Å². The zero-order valence-electron chi connectivity index (χ0n) is 10.9. The number of pyridine rings is 1. The smallest absolute Gasteiger partial charge is 0.289 e. The van der Waals surface area contributed by atoms with Gasteiger partial charge < -0.3 is 10.4 Å². The van der Waals surface area contributed by atoms with Crippen LogP contribution in [0.1, 0.15) is 17.2 Å². The van der Waals surface area contributed by atoms with Crippen molar-refractivity contribution >= 4 is 11.5 Å². The van der Waals surface area contributed by atoms with Crippen LogP contribution in [0.4, 0.5) is 11.5 Å². The minimum absolute atomic E-state index is 0.0597. The van der Waals surface area contributed by atoms with Crippen molar-refractivity contribution in [1.29, 1.82) is 5.26 Å². The van der Waals surface area contributed by atoms with Crippen molar-refractivity contribution in [2.75, 3.05) is 11.9 Å². The minimum Gasteiger partial charge on any atom is -0.387 e. The predicted molar refractivity (Wildman–Crippen MR) is 75.5 cm³/mol. The molecule has 0 aliphatic heterocycles. The van der Waals surface area contributed by atoms with Crippen molar-refractivity contribution in [2.45, 2.75) is 6.10 Å². The third-order valence-corrected chi connectivity index (χ3v) is 2.85. The zero-order chi connectivity index (χ0) is 15.2. The van der Waals surface area contributed by atoms with Crippen LogP contribution in [0.2, 0.25) is 0 Å². The number of aliphatic hydroxyl groups is 1. The third kappa shape index (κ3) is 3.52. The molecule has 7 nitrogen and oxygen atoms in total. The summed E-state index contributed by atoms with van der Waals surface area (Å²) in [6.45, 7) is 0.142. The number of nitro groups is 1. The van der Waals surface area contributed by atoms with Gasteiger partial charge in [0, 0.05) is 12.6 Å². The van der Waals surface area contributed by atoms with E-state index in [0.29, 0.717) is 0 Å². The molecule has 7 heteroatoms. The number of rotatable bonds is 5. The monoisotopic (exact) mass is 284 g/mol. The Bertz CT molecular complexity index is 682. The zero-order valence-corrected chi connectivity index (χ0v) is 10.9. The van der Waals surface area contributed by atoms with Crippen molar-refractivity contribution in [3.63, 3.8) is 0 Å². The summed E-state index contributed by atoms with van der Waals surface area (Å²) in [4.78, 5) is 13.9. The number of nitriles is 1. The molecule has 2 rings (SSSR count). The summed E-state index contributed by atoms with van der Waals surface area (Å²) < 4.78 is 0. The van der Waals surface area contributed by atoms with Gasteiger partial charge in [0.15, 0.2) is 0 Å². The molecule has 0 aliphatic carbocycles. The van der Waals surface area contributed by atoms with E-state index in [1.165, 1.54) is 0 Å². The molecule has 0 radical (unpaired) electrons. The Labute approximate surface area is 120 Å². The molecule has 21 heavy (non-hydrogen) atoms. The Morgan fingerprint density at radius 3 is 2.76 bits per heavy atom. The average molecular weight is 284 g/mol. The maximum Gasteiger partial charge on any atom is 0.289 e. The summed E-state index contributed by atoms with van der Waals surface area (Å²) in [5.74, 6) is 0.207. The number of nitrogens with zero attached hydrogens (tertiary/aromatic N) is 3. The van der Waals surface area contributed by atoms with Crippen LogP contribution in [-0.2, 0) is 0 Å². The molecule has 0 aliphatic rings. The van der Waals surface area contributed by atoms with Gasteiger partial charge >= 0.3 is 0 Å². The lowest BCUT2D eigenvalue weighted by Crippen LogP contribution is -2.13. The number of aromatic nitrogens is 1. The Morgan fingerprint density at radius 1 is 1.43 bits per heavy atom. The van der Waals surface area contributed by atoms with Crippen LogP contribution in [-0.4, -0.2) is 21.6 Å². The molecule has 1 atom stereocenters. The second kappa shape index (κ2) is 6.45. The van der Waals surface area contributed by atoms with E-state index >= 15 is 0 Å². The van der Waals surface area contributed by atoms with Gasteiger partial charge in [-0.25, -0.2) is 4.98 Å². The molecule has 2 N–H and O–H groups in total. The number of anilines is 1. The van der Waals surface area contributed by atoms with Crippen LogP contribution in [0, 0.1) is 21.4 Å². The van der Waals surface area contributed by atoms with E-state index in [1.54, 1.807) is 12.1 Å². The lowest BCUT2D eigenvalue weighted by molar-refractivity contribution is -0.385. The predicted octanol–water partition coefficient (Wildman–Crippen LogP) is 2.01. The van der Waals surface area contributed by atoms with Gasteiger partial charge in [-0.2, -0.15) is 5.26 Å². The molecule has 0 amide bonds. The maximum absolute atomic E-state index is 10.6. The Kier molecular flexibility index (Phi) is 4.43. The normalized spacial score (nSPS) is 11.4. The first-order valence-corrected chi connectivity index (χ1v) is 6.13. The largest absolute Gasteiger partial charge is 0.387 e. The molecule has 0 bridgehead atoms. The van der Waals surface area contributed by atoms with Gasteiger partial charge in [0.25, 0.3) is 5.69 Å². The number of hydrogen-bond acceptors (Lipinski definition) is 6. The van der Waals surface area contributed by atoms with Crippen LogP contribution < -0.4 is 5.32 Å². The summed E-state index contributed by atoms with van der Waals surface area (Å²) in [6, 6.07) is 12.0. The van der Waals surface area contributed by atoms with E-state index in [2.05, 4.69) is 10.3 Å². The highest BCUT2D eigenvalue weighted by atomic mass is 16.6. The Balaban J connectivity index is 2.10. The van der Waals surface area contributed by atoms with E-state index < -0.39 is 11.0 Å². The first kappa shape index (κ1) is 14.4. The van der Waals surface area contributed by atoms with Crippen molar-refractivity contribution in [3.8, 4) is 6.07 Å². The van der Waals surface area contributed by atoms with Crippen LogP contribution >= 0.6 is 0 Å². The quantitative estimate of drug-likeness (QED) is 0.641. The Hall–Kier alpha value is -2.98. The van der Waals surface area contributed by atoms with Crippen LogP contribution in [0.25, 0.3) is 0 Å². The van der Waals surface area contributed by atoms with Gasteiger partial charge in [0.05, 0.1) is 11.0 Å². The van der Waals surface area contributed by atoms with Crippen molar-refractivity contribution in [2.24, 2.45) is 0 Å². The summed E-state index contributed by atoms with van der Waals surface area (Å²) in [5, 5.41) is 32.4. The molecule has 106 valence electrons. The lowest BCUT2D eigenvalue weighted by Gasteiger charge is -2.13. The van der Waals surface area contributed by atoms with Gasteiger partial charge in [-0.15, -0.1) is 0 Å². The summed E-state index contributed by atoms with van der Waals surface area (Å²) >= 11 is 0. The molecule has 1 aromatic heterocycles. The summed E-state index contributed by atoms with van der Waals surface area (Å²) in [6.07, 6.45) is 0.299. The van der Waals surface area contributed by atoms with Crippen molar-refractivity contribution in [1.82, 2.24) is 4.98 Å². The second-order valence-electron chi connectivity index (χ2n) is 4.27. The minimum atomic E-state index is -0.769. The van der Waals surface area contributed by atoms with E-state index in [9.17, 15) is 15.2 Å². The highest BCUT2D eigenvalue weighted by Crippen LogP contribution is 2.19. The van der Waals surface area contributed by atoms with Crippen LogP contribution in [0.15, 0.2) is 42.6 Å². The van der Waals surface area contributed by atoms with E-state index in [0.717, 1.165) is 17.8 Å². The number of hydrogen-bond donors (Lipinski definition) is 2. The fourth-order valence-electron chi connectivity index (χ4n) is 1.77. The second-order valence-corrected chi connectivity index (χ2v) is 4.27. The standard InChI is InChI=1S/C14H12N4O3/c15-7-11-6-12(18(20)21)8-16-14(11)17-9-13(19)10-4-2-1-3-5-10/h1-6,8,13,19H,9H2,(H,16,17). The average Bonchev–Trinajstić information content (AvgIpc) is 2.53. The van der Waals surface area contributed by atoms with Crippen LogP contribution in [0.5, 0.6) is 0 Å². The van der Waals surface area contributed by atoms with E-state index in [-0.39, 0.29) is 23.6 Å². The first-order chi connectivity index (χ1) is 10.1. The molecule has 0 saturated carbocycles. The first-order valence-electron chi connectivity index (χ1n) is 6.13. The van der Waals surface area contributed by atoms with Crippen LogP contribution in [0.3, 0.4) is 0 Å². The molecule has 1 heterocycles. The van der Waals surface area contributed by atoms with Gasteiger partial charge in [-0.1, -0.05) is 30.3 Å². The maximum atomic E-state index is 10.6. The van der Waals surface area contributed by atoms with Gasteiger partial charge in [0.2, 0.25) is 0 Å². The van der Waals surface area contributed by atoms with E-state index in [4.69, 9.17) is 5.26 Å². The fourth-order valence-corrected chi connectivity index (χ4v) is 1.77. The highest BCUT2D eigenvalue weighted by Gasteiger charge is 2.13. The van der Waals surface area contributed by atoms with Gasteiger partial charge in [-0.3, -0.25) is 10.1 Å². The molecule has 2 aromatic rings. The Morgan fingerprint density at radius 2 is 2.14 bits per heavy atom. The SMILES string of the molecule is N#Cc1cc([N+](=O)[O-])cnc1NCC(O)c1ccccc1. The fraction of sp³-hybridized carbons (Fsp3) is 0.143. The molecule has 0 spiro atoms. The molecule has 1 aromatic carbocycles. The third-order valence-electron chi connectivity index (χ3n) is 2.85. The molecule has 0 saturated heterocycles. The number of nitrogens with one attached hydrogen (secondary N) is 1. The molecule has 0 fully saturated rings. The van der Waals surface area contributed by atoms with Crippen molar-refractivity contribution in [3.05, 3.63) is 63.8 Å².